The Morgan fingerprint density at radius 1 is 1.10 bits per heavy atom. The number of rotatable bonds is 7. The van der Waals surface area contributed by atoms with E-state index >= 15 is 0 Å². The van der Waals surface area contributed by atoms with Crippen molar-refractivity contribution in [3.63, 3.8) is 0 Å². The van der Waals surface area contributed by atoms with Crippen LogP contribution in [0, 0.1) is 0 Å². The van der Waals surface area contributed by atoms with Crippen LogP contribution in [0.1, 0.15) is 24.8 Å². The summed E-state index contributed by atoms with van der Waals surface area (Å²) < 4.78 is 1.38. The van der Waals surface area contributed by atoms with Gasteiger partial charge in [0.05, 0.1) is 11.7 Å². The number of carbonyl (C=O) groups is 1. The van der Waals surface area contributed by atoms with Gasteiger partial charge in [-0.15, -0.1) is 11.3 Å². The smallest absolute Gasteiger partial charge is 0.262 e. The maximum atomic E-state index is 12.9. The van der Waals surface area contributed by atoms with Gasteiger partial charge >= 0.3 is 0 Å². The number of carbonyl (C=O) groups excluding carboxylic acids is 1. The second-order valence-corrected chi connectivity index (χ2v) is 8.22. The lowest BCUT2D eigenvalue weighted by Gasteiger charge is -2.16. The number of nitrogens with zero attached hydrogens (tertiary/aromatic N) is 2. The molecule has 1 amide bonds. The summed E-state index contributed by atoms with van der Waals surface area (Å²) in [6.07, 6.45) is 2.39. The molecule has 2 heterocycles. The predicted molar refractivity (Wildman–Crippen MR) is 122 cm³/mol. The van der Waals surface area contributed by atoms with E-state index in [9.17, 15) is 9.59 Å². The predicted octanol–water partition coefficient (Wildman–Crippen LogP) is 4.44. The standard InChI is InChI=1S/C24H23N3O2S/c1-2-17(18-9-5-3-6-10-18)14-25-22(28)15-27-16-26-23-20(24(27)29)13-21(30-23)19-11-7-4-8-12-19/h3-13,16-17H,2,14-15H2,1H3,(H,25,28). The number of amides is 1. The third kappa shape index (κ3) is 4.33. The maximum absolute atomic E-state index is 12.9. The van der Waals surface area contributed by atoms with E-state index in [2.05, 4.69) is 29.4 Å². The van der Waals surface area contributed by atoms with Crippen LogP contribution in [-0.4, -0.2) is 22.0 Å². The normalized spacial score (nSPS) is 12.0. The lowest BCUT2D eigenvalue weighted by Crippen LogP contribution is -2.34. The highest BCUT2D eigenvalue weighted by molar-refractivity contribution is 7.21. The van der Waals surface area contributed by atoms with E-state index in [1.807, 2.05) is 54.6 Å². The molecule has 1 unspecified atom stereocenters. The van der Waals surface area contributed by atoms with Crippen LogP contribution in [0.5, 0.6) is 0 Å². The van der Waals surface area contributed by atoms with Crippen molar-refractivity contribution in [3.05, 3.63) is 89.0 Å². The maximum Gasteiger partial charge on any atom is 0.262 e. The fourth-order valence-corrected chi connectivity index (χ4v) is 4.48. The van der Waals surface area contributed by atoms with E-state index in [1.165, 1.54) is 27.8 Å². The summed E-state index contributed by atoms with van der Waals surface area (Å²) >= 11 is 1.48. The molecule has 1 N–H and O–H groups in total. The van der Waals surface area contributed by atoms with Crippen LogP contribution in [-0.2, 0) is 11.3 Å². The van der Waals surface area contributed by atoms with Gasteiger partial charge in [-0.3, -0.25) is 14.2 Å². The quantitative estimate of drug-likeness (QED) is 0.484. The molecule has 1 atom stereocenters. The van der Waals surface area contributed by atoms with Gasteiger partial charge in [-0.2, -0.15) is 0 Å². The number of hydrogen-bond donors (Lipinski definition) is 1. The molecule has 0 aliphatic carbocycles. The number of thiophene rings is 1. The Morgan fingerprint density at radius 3 is 2.50 bits per heavy atom. The van der Waals surface area contributed by atoms with Crippen LogP contribution >= 0.6 is 11.3 Å². The first-order valence-electron chi connectivity index (χ1n) is 10.0. The van der Waals surface area contributed by atoms with Gasteiger partial charge in [-0.05, 0) is 23.6 Å². The molecule has 30 heavy (non-hydrogen) atoms. The summed E-state index contributed by atoms with van der Waals surface area (Å²) in [5, 5.41) is 3.51. The average Bonchev–Trinajstić information content (AvgIpc) is 3.23. The molecule has 4 aromatic rings. The van der Waals surface area contributed by atoms with E-state index in [-0.39, 0.29) is 23.9 Å². The van der Waals surface area contributed by atoms with E-state index in [1.54, 1.807) is 0 Å². The molecule has 152 valence electrons. The van der Waals surface area contributed by atoms with Crippen molar-refractivity contribution in [3.8, 4) is 10.4 Å². The molecule has 0 aliphatic heterocycles. The molecule has 4 rings (SSSR count). The molecule has 0 fully saturated rings. The highest BCUT2D eigenvalue weighted by Gasteiger charge is 2.14. The fourth-order valence-electron chi connectivity index (χ4n) is 3.49. The average molecular weight is 418 g/mol. The number of fused-ring (bicyclic) bond motifs is 1. The van der Waals surface area contributed by atoms with Gasteiger partial charge in [0.25, 0.3) is 5.56 Å². The molecule has 2 aromatic carbocycles. The lowest BCUT2D eigenvalue weighted by molar-refractivity contribution is -0.121. The van der Waals surface area contributed by atoms with Crippen LogP contribution in [0.2, 0.25) is 0 Å². The monoisotopic (exact) mass is 417 g/mol. The molecule has 0 spiro atoms. The van der Waals surface area contributed by atoms with E-state index in [0.29, 0.717) is 16.8 Å². The first-order chi connectivity index (χ1) is 14.7. The van der Waals surface area contributed by atoms with Crippen molar-refractivity contribution in [2.45, 2.75) is 25.8 Å². The Bertz CT molecular complexity index is 1200. The van der Waals surface area contributed by atoms with Gasteiger partial charge in [-0.25, -0.2) is 4.98 Å². The summed E-state index contributed by atoms with van der Waals surface area (Å²) in [6.45, 7) is 2.61. The summed E-state index contributed by atoms with van der Waals surface area (Å²) in [5.41, 5.74) is 2.06. The topological polar surface area (TPSA) is 64.0 Å². The van der Waals surface area contributed by atoms with E-state index < -0.39 is 0 Å². The molecule has 0 bridgehead atoms. The summed E-state index contributed by atoms with van der Waals surface area (Å²) in [7, 11) is 0. The van der Waals surface area contributed by atoms with Crippen molar-refractivity contribution in [2.75, 3.05) is 6.54 Å². The largest absolute Gasteiger partial charge is 0.354 e. The van der Waals surface area contributed by atoms with Crippen LogP contribution in [0.25, 0.3) is 20.7 Å². The van der Waals surface area contributed by atoms with Gasteiger partial charge in [0.15, 0.2) is 0 Å². The van der Waals surface area contributed by atoms with Crippen LogP contribution in [0.15, 0.2) is 77.9 Å². The number of nitrogens with one attached hydrogen (secondary N) is 1. The van der Waals surface area contributed by atoms with Crippen molar-refractivity contribution < 1.29 is 4.79 Å². The molecular weight excluding hydrogens is 394 g/mol. The number of benzene rings is 2. The molecule has 0 aliphatic rings. The number of hydrogen-bond acceptors (Lipinski definition) is 4. The molecule has 5 nitrogen and oxygen atoms in total. The highest BCUT2D eigenvalue weighted by atomic mass is 32.1. The SMILES string of the molecule is CCC(CNC(=O)Cn1cnc2sc(-c3ccccc3)cc2c1=O)c1ccccc1. The van der Waals surface area contributed by atoms with Crippen molar-refractivity contribution in [2.24, 2.45) is 0 Å². The van der Waals surface area contributed by atoms with Gasteiger partial charge in [0.2, 0.25) is 5.91 Å². The minimum Gasteiger partial charge on any atom is -0.354 e. The first kappa shape index (κ1) is 20.0. The van der Waals surface area contributed by atoms with Crippen molar-refractivity contribution in [1.82, 2.24) is 14.9 Å². The van der Waals surface area contributed by atoms with Crippen molar-refractivity contribution >= 4 is 27.5 Å². The summed E-state index contributed by atoms with van der Waals surface area (Å²) in [5.74, 6) is 0.0592. The van der Waals surface area contributed by atoms with E-state index in [4.69, 9.17) is 0 Å². The molecule has 0 radical (unpaired) electrons. The summed E-state index contributed by atoms with van der Waals surface area (Å²) in [6, 6.07) is 21.9. The van der Waals surface area contributed by atoms with Crippen molar-refractivity contribution in [1.29, 1.82) is 0 Å². The molecule has 2 aromatic heterocycles. The first-order valence-corrected chi connectivity index (χ1v) is 10.8. The van der Waals surface area contributed by atoms with Gasteiger partial charge in [0.1, 0.15) is 11.4 Å². The molecule has 0 saturated heterocycles. The van der Waals surface area contributed by atoms with E-state index in [0.717, 1.165) is 16.9 Å². The molecular formula is C24H23N3O2S. The Kier molecular flexibility index (Phi) is 6.05. The zero-order chi connectivity index (χ0) is 20.9. The highest BCUT2D eigenvalue weighted by Crippen LogP contribution is 2.30. The lowest BCUT2D eigenvalue weighted by atomic mass is 9.96. The zero-order valence-electron chi connectivity index (χ0n) is 16.7. The van der Waals surface area contributed by atoms with Crippen LogP contribution in [0.3, 0.4) is 0 Å². The molecule has 0 saturated carbocycles. The number of aromatic nitrogens is 2. The van der Waals surface area contributed by atoms with Gasteiger partial charge in [-0.1, -0.05) is 67.6 Å². The van der Waals surface area contributed by atoms with Crippen LogP contribution < -0.4 is 10.9 Å². The Labute approximate surface area is 179 Å². The minimum atomic E-state index is -0.191. The van der Waals surface area contributed by atoms with Gasteiger partial charge in [0, 0.05) is 17.3 Å². The molecule has 6 heteroatoms. The zero-order valence-corrected chi connectivity index (χ0v) is 17.6. The third-order valence-corrected chi connectivity index (χ3v) is 6.29. The van der Waals surface area contributed by atoms with Gasteiger partial charge < -0.3 is 5.32 Å². The Balaban J connectivity index is 1.47. The second kappa shape index (κ2) is 9.05. The Morgan fingerprint density at radius 2 is 1.80 bits per heavy atom. The Hall–Kier alpha value is -3.25. The van der Waals surface area contributed by atoms with Crippen LogP contribution in [0.4, 0.5) is 0 Å². The fraction of sp³-hybridized carbons (Fsp3) is 0.208. The third-order valence-electron chi connectivity index (χ3n) is 5.20. The minimum absolute atomic E-state index is 0.0382. The second-order valence-electron chi connectivity index (χ2n) is 7.19. The summed E-state index contributed by atoms with van der Waals surface area (Å²) in [4.78, 5) is 31.4.